The van der Waals surface area contributed by atoms with Crippen LogP contribution in [0, 0.1) is 0 Å². The number of benzene rings is 4. The molecule has 7 nitrogen and oxygen atoms in total. The lowest BCUT2D eigenvalue weighted by Gasteiger charge is -2.24. The molecule has 4 aromatic carbocycles. The Bertz CT molecular complexity index is 1620. The quantitative estimate of drug-likeness (QED) is 0.171. The Labute approximate surface area is 239 Å². The second-order valence-corrected chi connectivity index (χ2v) is 10.9. The zero-order chi connectivity index (χ0) is 29.5. The van der Waals surface area contributed by atoms with Crippen LogP contribution in [-0.4, -0.2) is 27.1 Å². The van der Waals surface area contributed by atoms with Gasteiger partial charge in [0, 0.05) is 0 Å². The van der Waals surface area contributed by atoms with Gasteiger partial charge in [0.15, 0.2) is 0 Å². The first-order valence-electron chi connectivity index (χ1n) is 12.1. The highest BCUT2D eigenvalue weighted by atomic mass is 35.5. The van der Waals surface area contributed by atoms with Crippen LogP contribution in [0.5, 0.6) is 5.75 Å². The van der Waals surface area contributed by atoms with Crippen LogP contribution >= 0.6 is 11.6 Å². The highest BCUT2D eigenvalue weighted by Crippen LogP contribution is 2.38. The fraction of sp³-hybridized carbons (Fsp3) is 0.103. The molecule has 4 aromatic rings. The maximum atomic E-state index is 13.5. The summed E-state index contributed by atoms with van der Waals surface area (Å²) in [6.07, 6.45) is -3.51. The van der Waals surface area contributed by atoms with E-state index in [2.05, 4.69) is 10.5 Å². The van der Waals surface area contributed by atoms with Gasteiger partial charge in [-0.25, -0.2) is 13.8 Å². The summed E-state index contributed by atoms with van der Waals surface area (Å²) in [4.78, 5) is 12.5. The van der Waals surface area contributed by atoms with Gasteiger partial charge in [-0.05, 0) is 65.7 Å². The standard InChI is InChI=1S/C29H23ClF3N3O4S/c30-27-16-13-23(17-26(27)29(31,32)33)36(41(38,39)25-9-5-2-6-10-25)19-28(37)35-34-18-21-11-14-24(15-12-21)40-20-22-7-3-1-4-8-22/h1-18H,19-20H2,(H,35,37)/b34-18+. The predicted octanol–water partition coefficient (Wildman–Crippen LogP) is 6.28. The van der Waals surface area contributed by atoms with E-state index in [1.54, 1.807) is 30.3 Å². The molecule has 0 unspecified atom stereocenters. The normalized spacial score (nSPS) is 11.8. The number of alkyl halides is 3. The Hall–Kier alpha value is -4.35. The number of amides is 1. The summed E-state index contributed by atoms with van der Waals surface area (Å²) in [6.45, 7) is -0.454. The number of carbonyl (C=O) groups is 1. The lowest BCUT2D eigenvalue weighted by atomic mass is 10.2. The van der Waals surface area contributed by atoms with E-state index in [0.29, 0.717) is 28.3 Å². The number of halogens is 4. The third kappa shape index (κ3) is 7.86. The van der Waals surface area contributed by atoms with Gasteiger partial charge in [0.2, 0.25) is 0 Å². The van der Waals surface area contributed by atoms with Crippen molar-refractivity contribution in [3.05, 3.63) is 125 Å². The fourth-order valence-corrected chi connectivity index (χ4v) is 5.31. The summed E-state index contributed by atoms with van der Waals surface area (Å²) < 4.78 is 73.5. The Morgan fingerprint density at radius 1 is 0.927 bits per heavy atom. The van der Waals surface area contributed by atoms with E-state index in [-0.39, 0.29) is 4.90 Å². The maximum Gasteiger partial charge on any atom is 0.417 e. The van der Waals surface area contributed by atoms with Gasteiger partial charge < -0.3 is 4.74 Å². The first-order chi connectivity index (χ1) is 19.5. The number of rotatable bonds is 10. The van der Waals surface area contributed by atoms with E-state index in [1.165, 1.54) is 30.5 Å². The van der Waals surface area contributed by atoms with Gasteiger partial charge in [-0.15, -0.1) is 0 Å². The molecule has 4 rings (SSSR count). The Balaban J connectivity index is 1.48. The molecule has 41 heavy (non-hydrogen) atoms. The number of hydrogen-bond acceptors (Lipinski definition) is 5. The molecule has 0 saturated heterocycles. The molecule has 12 heteroatoms. The van der Waals surface area contributed by atoms with Crippen LogP contribution < -0.4 is 14.5 Å². The van der Waals surface area contributed by atoms with Crippen LogP contribution in [0.25, 0.3) is 0 Å². The molecule has 0 bridgehead atoms. The minimum Gasteiger partial charge on any atom is -0.489 e. The minimum absolute atomic E-state index is 0.214. The highest BCUT2D eigenvalue weighted by molar-refractivity contribution is 7.92. The molecule has 0 aliphatic carbocycles. The molecule has 0 radical (unpaired) electrons. The van der Waals surface area contributed by atoms with Gasteiger partial charge in [-0.2, -0.15) is 18.3 Å². The third-order valence-electron chi connectivity index (χ3n) is 5.69. The van der Waals surface area contributed by atoms with Crippen LogP contribution in [0.2, 0.25) is 5.02 Å². The molecule has 0 saturated carbocycles. The highest BCUT2D eigenvalue weighted by Gasteiger charge is 2.35. The molecule has 0 atom stereocenters. The molecule has 0 aliphatic heterocycles. The van der Waals surface area contributed by atoms with Gasteiger partial charge >= 0.3 is 6.18 Å². The Kier molecular flexibility index (Phi) is 9.31. The van der Waals surface area contributed by atoms with Crippen LogP contribution in [-0.2, 0) is 27.6 Å². The number of carbonyl (C=O) groups excluding carboxylic acids is 1. The van der Waals surface area contributed by atoms with E-state index >= 15 is 0 Å². The van der Waals surface area contributed by atoms with Crippen molar-refractivity contribution in [1.82, 2.24) is 5.43 Å². The Morgan fingerprint density at radius 2 is 1.56 bits per heavy atom. The second-order valence-electron chi connectivity index (χ2n) is 8.62. The lowest BCUT2D eigenvalue weighted by molar-refractivity contribution is -0.137. The van der Waals surface area contributed by atoms with Crippen molar-refractivity contribution >= 4 is 39.4 Å². The predicted molar refractivity (Wildman–Crippen MR) is 150 cm³/mol. The number of nitrogens with zero attached hydrogens (tertiary/aromatic N) is 2. The molecule has 1 amide bonds. The summed E-state index contributed by atoms with van der Waals surface area (Å²) in [7, 11) is -4.44. The summed E-state index contributed by atoms with van der Waals surface area (Å²) in [6, 6.07) is 26.1. The number of hydrogen-bond donors (Lipinski definition) is 1. The number of hydrazone groups is 1. The van der Waals surface area contributed by atoms with E-state index in [0.717, 1.165) is 17.7 Å². The molecule has 0 aliphatic rings. The second kappa shape index (κ2) is 12.9. The summed E-state index contributed by atoms with van der Waals surface area (Å²) >= 11 is 5.71. The molecular formula is C29H23ClF3N3O4S. The monoisotopic (exact) mass is 601 g/mol. The van der Waals surface area contributed by atoms with Crippen molar-refractivity contribution < 1.29 is 31.1 Å². The summed E-state index contributed by atoms with van der Waals surface area (Å²) in [5, 5.41) is 3.24. The van der Waals surface area contributed by atoms with Crippen molar-refractivity contribution in [1.29, 1.82) is 0 Å². The Morgan fingerprint density at radius 3 is 2.20 bits per heavy atom. The van der Waals surface area contributed by atoms with Crippen LogP contribution in [0.1, 0.15) is 16.7 Å². The first-order valence-corrected chi connectivity index (χ1v) is 13.9. The zero-order valence-electron chi connectivity index (χ0n) is 21.3. The average Bonchev–Trinajstić information content (AvgIpc) is 2.96. The van der Waals surface area contributed by atoms with Crippen molar-refractivity contribution in [3.8, 4) is 5.75 Å². The summed E-state index contributed by atoms with van der Waals surface area (Å²) in [5.74, 6) is -0.259. The lowest BCUT2D eigenvalue weighted by Crippen LogP contribution is -2.39. The number of nitrogens with one attached hydrogen (secondary N) is 1. The van der Waals surface area contributed by atoms with Crippen LogP contribution in [0.3, 0.4) is 0 Å². The largest absolute Gasteiger partial charge is 0.489 e. The maximum absolute atomic E-state index is 13.5. The van der Waals surface area contributed by atoms with E-state index < -0.39 is 44.9 Å². The molecule has 0 heterocycles. The fourth-order valence-electron chi connectivity index (χ4n) is 3.66. The molecule has 212 valence electrons. The molecular weight excluding hydrogens is 579 g/mol. The zero-order valence-corrected chi connectivity index (χ0v) is 22.8. The molecule has 1 N–H and O–H groups in total. The van der Waals surface area contributed by atoms with Crippen molar-refractivity contribution in [2.24, 2.45) is 5.10 Å². The SMILES string of the molecule is O=C(CN(c1ccc(Cl)c(C(F)(F)F)c1)S(=O)(=O)c1ccccc1)N/N=C/c1ccc(OCc2ccccc2)cc1. The minimum atomic E-state index is -4.84. The van der Waals surface area contributed by atoms with Crippen molar-refractivity contribution in [3.63, 3.8) is 0 Å². The van der Waals surface area contributed by atoms with Crippen LogP contribution in [0.4, 0.5) is 18.9 Å². The van der Waals surface area contributed by atoms with Crippen LogP contribution in [0.15, 0.2) is 113 Å². The number of ether oxygens (including phenoxy) is 1. The third-order valence-corrected chi connectivity index (χ3v) is 7.81. The van der Waals surface area contributed by atoms with Gasteiger partial charge in [0.05, 0.1) is 27.4 Å². The van der Waals surface area contributed by atoms with E-state index in [1.807, 2.05) is 30.3 Å². The summed E-state index contributed by atoms with van der Waals surface area (Å²) in [5.41, 5.74) is 2.21. The van der Waals surface area contributed by atoms with Gasteiger partial charge in [-0.3, -0.25) is 9.10 Å². The number of anilines is 1. The van der Waals surface area contributed by atoms with Gasteiger partial charge in [0.1, 0.15) is 18.9 Å². The van der Waals surface area contributed by atoms with Gasteiger partial charge in [-0.1, -0.05) is 60.1 Å². The first kappa shape index (κ1) is 29.6. The molecule has 0 aromatic heterocycles. The molecule has 0 spiro atoms. The van der Waals surface area contributed by atoms with Crippen molar-refractivity contribution in [2.75, 3.05) is 10.8 Å². The van der Waals surface area contributed by atoms with E-state index in [9.17, 15) is 26.4 Å². The molecule has 0 fully saturated rings. The average molecular weight is 602 g/mol. The topological polar surface area (TPSA) is 88.1 Å². The van der Waals surface area contributed by atoms with Crippen molar-refractivity contribution in [2.45, 2.75) is 17.7 Å². The van der Waals surface area contributed by atoms with Gasteiger partial charge in [0.25, 0.3) is 15.9 Å². The van der Waals surface area contributed by atoms with E-state index in [4.69, 9.17) is 16.3 Å². The number of sulfonamides is 1. The smallest absolute Gasteiger partial charge is 0.417 e.